The number of rotatable bonds is 4. The number of carbonyl (C=O) groups excluding carboxylic acids is 1. The van der Waals surface area contributed by atoms with Crippen LogP contribution in [0.2, 0.25) is 0 Å². The van der Waals surface area contributed by atoms with Gasteiger partial charge in [0.15, 0.2) is 0 Å². The molecule has 1 amide bonds. The Morgan fingerprint density at radius 3 is 2.53 bits per heavy atom. The zero-order valence-corrected chi connectivity index (χ0v) is 13.1. The van der Waals surface area contributed by atoms with Crippen molar-refractivity contribution < 1.29 is 4.79 Å². The highest BCUT2D eigenvalue weighted by atomic mass is 35.5. The summed E-state index contributed by atoms with van der Waals surface area (Å²) in [6.45, 7) is 2.85. The first-order valence-electron chi connectivity index (χ1n) is 7.65. The van der Waals surface area contributed by atoms with Gasteiger partial charge in [0.2, 0.25) is 5.91 Å². The quantitative estimate of drug-likeness (QED) is 0.835. The van der Waals surface area contributed by atoms with E-state index in [2.05, 4.69) is 17.6 Å². The molecular weight excluding hydrogens is 260 g/mol. The first-order chi connectivity index (χ1) is 8.70. The molecule has 0 aliphatic heterocycles. The average molecular weight is 289 g/mol. The fourth-order valence-corrected chi connectivity index (χ4v) is 3.61. The molecule has 0 saturated heterocycles. The second-order valence-corrected chi connectivity index (χ2v) is 6.25. The fourth-order valence-electron chi connectivity index (χ4n) is 3.61. The molecule has 0 heterocycles. The fraction of sp³-hybridized carbons (Fsp3) is 0.933. The van der Waals surface area contributed by atoms with Crippen LogP contribution < -0.4 is 10.6 Å². The standard InChI is InChI=1S/C15H28N2O.ClH/c1-11(16-2)10-17-15(18)14-8-7-12-5-3-4-6-13(12)9-14;/h11-14,16H,3-10H2,1-2H3,(H,17,18);1H. The summed E-state index contributed by atoms with van der Waals surface area (Å²) >= 11 is 0. The lowest BCUT2D eigenvalue weighted by molar-refractivity contribution is -0.127. The van der Waals surface area contributed by atoms with Crippen molar-refractivity contribution in [1.29, 1.82) is 0 Å². The molecule has 19 heavy (non-hydrogen) atoms. The third-order valence-corrected chi connectivity index (χ3v) is 4.99. The number of fused-ring (bicyclic) bond motifs is 1. The number of amides is 1. The van der Waals surface area contributed by atoms with Crippen LogP contribution in [0.1, 0.15) is 51.9 Å². The second kappa shape index (κ2) is 8.11. The van der Waals surface area contributed by atoms with Crippen LogP contribution in [0.5, 0.6) is 0 Å². The lowest BCUT2D eigenvalue weighted by Crippen LogP contribution is -2.42. The number of nitrogens with one attached hydrogen (secondary N) is 2. The highest BCUT2D eigenvalue weighted by molar-refractivity contribution is 5.85. The van der Waals surface area contributed by atoms with Crippen molar-refractivity contribution in [3.8, 4) is 0 Å². The molecule has 2 rings (SSSR count). The third kappa shape index (κ3) is 4.64. The first-order valence-corrected chi connectivity index (χ1v) is 7.65. The Kier molecular flexibility index (Phi) is 7.16. The molecule has 0 aromatic rings. The SMILES string of the molecule is CNC(C)CNC(=O)C1CCC2CCCCC2C1.Cl. The monoisotopic (exact) mass is 288 g/mol. The summed E-state index contributed by atoms with van der Waals surface area (Å²) < 4.78 is 0. The molecule has 2 aliphatic rings. The number of likely N-dealkylation sites (N-methyl/N-ethyl adjacent to an activating group) is 1. The highest BCUT2D eigenvalue weighted by Gasteiger charge is 2.34. The molecule has 4 heteroatoms. The summed E-state index contributed by atoms with van der Waals surface area (Å²) in [6, 6.07) is 0.361. The molecule has 4 atom stereocenters. The molecule has 2 fully saturated rings. The van der Waals surface area contributed by atoms with Crippen molar-refractivity contribution in [3.05, 3.63) is 0 Å². The summed E-state index contributed by atoms with van der Waals surface area (Å²) in [5, 5.41) is 6.25. The smallest absolute Gasteiger partial charge is 0.223 e. The van der Waals surface area contributed by atoms with Crippen LogP contribution in [0.3, 0.4) is 0 Å². The summed E-state index contributed by atoms with van der Waals surface area (Å²) in [7, 11) is 1.93. The van der Waals surface area contributed by atoms with E-state index in [-0.39, 0.29) is 18.3 Å². The van der Waals surface area contributed by atoms with Gasteiger partial charge in [0, 0.05) is 18.5 Å². The number of carbonyl (C=O) groups is 1. The minimum absolute atomic E-state index is 0. The largest absolute Gasteiger partial charge is 0.354 e. The Balaban J connectivity index is 0.00000180. The molecule has 4 unspecified atom stereocenters. The van der Waals surface area contributed by atoms with Crippen LogP contribution in [-0.2, 0) is 4.79 Å². The number of hydrogen-bond donors (Lipinski definition) is 2. The van der Waals surface area contributed by atoms with E-state index in [1.54, 1.807) is 0 Å². The Bertz CT molecular complexity index is 285. The van der Waals surface area contributed by atoms with Crippen LogP contribution >= 0.6 is 12.4 Å². The van der Waals surface area contributed by atoms with Crippen LogP contribution in [0, 0.1) is 17.8 Å². The van der Waals surface area contributed by atoms with E-state index < -0.39 is 0 Å². The van der Waals surface area contributed by atoms with E-state index in [1.165, 1.54) is 32.1 Å². The van der Waals surface area contributed by atoms with Crippen molar-refractivity contribution in [2.45, 2.75) is 57.9 Å². The van der Waals surface area contributed by atoms with Crippen molar-refractivity contribution in [2.75, 3.05) is 13.6 Å². The first kappa shape index (κ1) is 16.8. The normalized spacial score (nSPS) is 31.8. The molecule has 112 valence electrons. The zero-order chi connectivity index (χ0) is 13.0. The van der Waals surface area contributed by atoms with E-state index in [4.69, 9.17) is 0 Å². The second-order valence-electron chi connectivity index (χ2n) is 6.25. The summed E-state index contributed by atoms with van der Waals surface area (Å²) in [6.07, 6.45) is 9.11. The number of hydrogen-bond acceptors (Lipinski definition) is 2. The summed E-state index contributed by atoms with van der Waals surface area (Å²) in [4.78, 5) is 12.2. The average Bonchev–Trinajstić information content (AvgIpc) is 2.43. The Labute approximate surface area is 123 Å². The van der Waals surface area contributed by atoms with Gasteiger partial charge in [-0.2, -0.15) is 0 Å². The maximum Gasteiger partial charge on any atom is 0.223 e. The van der Waals surface area contributed by atoms with E-state index in [0.29, 0.717) is 11.9 Å². The molecule has 0 spiro atoms. The lowest BCUT2D eigenvalue weighted by atomic mass is 9.67. The molecule has 0 radical (unpaired) electrons. The van der Waals surface area contributed by atoms with Gasteiger partial charge in [0.05, 0.1) is 0 Å². The molecule has 0 aromatic heterocycles. The Morgan fingerprint density at radius 1 is 1.16 bits per heavy atom. The minimum atomic E-state index is 0. The molecule has 3 nitrogen and oxygen atoms in total. The van der Waals surface area contributed by atoms with Crippen LogP contribution in [-0.4, -0.2) is 25.5 Å². The molecular formula is C15H29ClN2O. The van der Waals surface area contributed by atoms with Gasteiger partial charge in [-0.25, -0.2) is 0 Å². The zero-order valence-electron chi connectivity index (χ0n) is 12.3. The van der Waals surface area contributed by atoms with Gasteiger partial charge in [-0.15, -0.1) is 12.4 Å². The van der Waals surface area contributed by atoms with Crippen molar-refractivity contribution in [1.82, 2.24) is 10.6 Å². The molecule has 0 bridgehead atoms. The Hall–Kier alpha value is -0.280. The van der Waals surface area contributed by atoms with Gasteiger partial charge >= 0.3 is 0 Å². The van der Waals surface area contributed by atoms with Crippen LogP contribution in [0.4, 0.5) is 0 Å². The summed E-state index contributed by atoms with van der Waals surface area (Å²) in [5.74, 6) is 2.35. The van der Waals surface area contributed by atoms with Gasteiger partial charge in [0.25, 0.3) is 0 Å². The Morgan fingerprint density at radius 2 is 1.84 bits per heavy atom. The molecule has 2 saturated carbocycles. The summed E-state index contributed by atoms with van der Waals surface area (Å²) in [5.41, 5.74) is 0. The maximum atomic E-state index is 12.2. The van der Waals surface area contributed by atoms with E-state index in [9.17, 15) is 4.79 Å². The minimum Gasteiger partial charge on any atom is -0.354 e. The lowest BCUT2D eigenvalue weighted by Gasteiger charge is -2.38. The van der Waals surface area contributed by atoms with Crippen LogP contribution in [0.15, 0.2) is 0 Å². The third-order valence-electron chi connectivity index (χ3n) is 4.99. The highest BCUT2D eigenvalue weighted by Crippen LogP contribution is 2.42. The van der Waals surface area contributed by atoms with Crippen molar-refractivity contribution in [2.24, 2.45) is 17.8 Å². The topological polar surface area (TPSA) is 41.1 Å². The molecule has 0 aromatic carbocycles. The van der Waals surface area contributed by atoms with E-state index in [1.807, 2.05) is 7.05 Å². The molecule has 2 aliphatic carbocycles. The van der Waals surface area contributed by atoms with Gasteiger partial charge in [-0.1, -0.05) is 25.7 Å². The van der Waals surface area contributed by atoms with Gasteiger partial charge < -0.3 is 10.6 Å². The predicted octanol–water partition coefficient (Wildman–Crippen LogP) is 2.74. The van der Waals surface area contributed by atoms with E-state index in [0.717, 1.165) is 31.2 Å². The maximum absolute atomic E-state index is 12.2. The predicted molar refractivity (Wildman–Crippen MR) is 81.6 cm³/mol. The van der Waals surface area contributed by atoms with Crippen molar-refractivity contribution in [3.63, 3.8) is 0 Å². The van der Waals surface area contributed by atoms with Crippen LogP contribution in [0.25, 0.3) is 0 Å². The van der Waals surface area contributed by atoms with E-state index >= 15 is 0 Å². The van der Waals surface area contributed by atoms with Gasteiger partial charge in [-0.3, -0.25) is 4.79 Å². The van der Waals surface area contributed by atoms with Gasteiger partial charge in [-0.05, 0) is 45.1 Å². The van der Waals surface area contributed by atoms with Gasteiger partial charge in [0.1, 0.15) is 0 Å². The number of halogens is 1. The van der Waals surface area contributed by atoms with Crippen molar-refractivity contribution >= 4 is 18.3 Å². The molecule has 2 N–H and O–H groups in total.